The molecule has 4 rings (SSSR count). The molecule has 2 aliphatic heterocycles. The fourth-order valence-corrected chi connectivity index (χ4v) is 4.03. The Labute approximate surface area is 121 Å². The van der Waals surface area contributed by atoms with Gasteiger partial charge in [-0.1, -0.05) is 48.5 Å². The van der Waals surface area contributed by atoms with E-state index in [2.05, 4.69) is 59.5 Å². The molecule has 20 heavy (non-hydrogen) atoms. The number of benzene rings is 2. The summed E-state index contributed by atoms with van der Waals surface area (Å²) in [7, 11) is 0. The van der Waals surface area contributed by atoms with Gasteiger partial charge in [-0.05, 0) is 49.3 Å². The fourth-order valence-electron chi connectivity index (χ4n) is 4.03. The van der Waals surface area contributed by atoms with Gasteiger partial charge >= 0.3 is 0 Å². The lowest BCUT2D eigenvalue weighted by atomic mass is 9.84. The summed E-state index contributed by atoms with van der Waals surface area (Å²) in [4.78, 5) is 2.72. The highest BCUT2D eigenvalue weighted by Gasteiger charge is 2.34. The fraction of sp³-hybridized carbons (Fsp3) is 0.368. The van der Waals surface area contributed by atoms with E-state index < -0.39 is 0 Å². The predicted octanol–water partition coefficient (Wildman–Crippen LogP) is 4.73. The molecule has 0 amide bonds. The Kier molecular flexibility index (Phi) is 2.99. The van der Waals surface area contributed by atoms with Gasteiger partial charge in [0, 0.05) is 11.7 Å². The Morgan fingerprint density at radius 3 is 2.50 bits per heavy atom. The van der Waals surface area contributed by atoms with E-state index in [1.807, 2.05) is 0 Å². The smallest absolute Gasteiger partial charge is 0.0545 e. The van der Waals surface area contributed by atoms with Crippen molar-refractivity contribution >= 4 is 5.69 Å². The third kappa shape index (κ3) is 1.93. The van der Waals surface area contributed by atoms with Crippen LogP contribution in [0.3, 0.4) is 0 Å². The van der Waals surface area contributed by atoms with Gasteiger partial charge in [0.05, 0.1) is 6.04 Å². The first-order valence-corrected chi connectivity index (χ1v) is 7.85. The zero-order chi connectivity index (χ0) is 13.4. The molecule has 2 aromatic carbocycles. The van der Waals surface area contributed by atoms with Gasteiger partial charge in [0.2, 0.25) is 0 Å². The first kappa shape index (κ1) is 12.0. The van der Waals surface area contributed by atoms with Gasteiger partial charge in [-0.15, -0.1) is 0 Å². The molecule has 0 saturated carbocycles. The minimum atomic E-state index is 0.566. The molecule has 2 aliphatic rings. The van der Waals surface area contributed by atoms with Crippen LogP contribution in [0, 0.1) is 0 Å². The lowest BCUT2D eigenvalue weighted by Gasteiger charge is -2.47. The summed E-state index contributed by atoms with van der Waals surface area (Å²) in [6, 6.07) is 21.4. The molecule has 2 atom stereocenters. The standard InChI is InChI=1S/C19H21N/c1-2-7-15(8-3-1)19-12-6-10-17-14-13-16-9-4-5-11-18(16)20(17)19/h1-5,7-9,11,17,19H,6,10,12-14H2/t17-,19+/m1/s1. The van der Waals surface area contributed by atoms with Crippen LogP contribution in [-0.2, 0) is 6.42 Å². The van der Waals surface area contributed by atoms with Crippen LogP contribution >= 0.6 is 0 Å². The Morgan fingerprint density at radius 1 is 0.800 bits per heavy atom. The van der Waals surface area contributed by atoms with Crippen LogP contribution in [0.15, 0.2) is 54.6 Å². The SMILES string of the molecule is c1ccc([C@@H]2CCC[C@@H]3CCc4ccccc4N32)cc1. The van der Waals surface area contributed by atoms with Crippen molar-refractivity contribution in [2.24, 2.45) is 0 Å². The van der Waals surface area contributed by atoms with E-state index in [1.165, 1.54) is 48.9 Å². The van der Waals surface area contributed by atoms with Gasteiger partial charge in [-0.3, -0.25) is 0 Å². The first-order chi connectivity index (χ1) is 9.93. The second kappa shape index (κ2) is 4.97. The maximum absolute atomic E-state index is 2.72. The molecule has 1 fully saturated rings. The van der Waals surface area contributed by atoms with Crippen LogP contribution < -0.4 is 4.90 Å². The highest BCUT2D eigenvalue weighted by atomic mass is 15.2. The Balaban J connectivity index is 1.78. The minimum Gasteiger partial charge on any atom is -0.361 e. The summed E-state index contributed by atoms with van der Waals surface area (Å²) in [5, 5.41) is 0. The number of hydrogen-bond donors (Lipinski definition) is 0. The van der Waals surface area contributed by atoms with Crippen LogP contribution in [0.5, 0.6) is 0 Å². The quantitative estimate of drug-likeness (QED) is 0.718. The van der Waals surface area contributed by atoms with Crippen LogP contribution in [0.4, 0.5) is 5.69 Å². The number of para-hydroxylation sites is 1. The largest absolute Gasteiger partial charge is 0.361 e. The normalized spacial score (nSPS) is 24.9. The average Bonchev–Trinajstić information content (AvgIpc) is 2.55. The van der Waals surface area contributed by atoms with Gasteiger partial charge in [0.1, 0.15) is 0 Å². The van der Waals surface area contributed by atoms with Crippen LogP contribution in [0.25, 0.3) is 0 Å². The third-order valence-electron chi connectivity index (χ3n) is 4.95. The van der Waals surface area contributed by atoms with Crippen molar-refractivity contribution in [3.63, 3.8) is 0 Å². The first-order valence-electron chi connectivity index (χ1n) is 7.85. The van der Waals surface area contributed by atoms with Crippen molar-refractivity contribution in [1.29, 1.82) is 0 Å². The number of anilines is 1. The topological polar surface area (TPSA) is 3.24 Å². The lowest BCUT2D eigenvalue weighted by molar-refractivity contribution is 0.361. The molecule has 2 aromatic rings. The molecule has 1 saturated heterocycles. The highest BCUT2D eigenvalue weighted by molar-refractivity contribution is 5.58. The molecule has 1 heteroatoms. The summed E-state index contributed by atoms with van der Waals surface area (Å²) < 4.78 is 0. The molecule has 1 nitrogen and oxygen atoms in total. The van der Waals surface area contributed by atoms with Crippen molar-refractivity contribution in [1.82, 2.24) is 0 Å². The molecule has 0 spiro atoms. The highest BCUT2D eigenvalue weighted by Crippen LogP contribution is 2.43. The Hall–Kier alpha value is -1.76. The summed E-state index contributed by atoms with van der Waals surface area (Å²) in [5.41, 5.74) is 4.50. The number of aryl methyl sites for hydroxylation is 1. The van der Waals surface area contributed by atoms with Gasteiger partial charge < -0.3 is 4.90 Å². The molecule has 0 unspecified atom stereocenters. The number of rotatable bonds is 1. The van der Waals surface area contributed by atoms with Gasteiger partial charge in [-0.2, -0.15) is 0 Å². The summed E-state index contributed by atoms with van der Waals surface area (Å²) in [6.07, 6.45) is 6.58. The second-order valence-electron chi connectivity index (χ2n) is 6.09. The molecule has 2 heterocycles. The molecular formula is C19H21N. The van der Waals surface area contributed by atoms with E-state index in [-0.39, 0.29) is 0 Å². The van der Waals surface area contributed by atoms with E-state index in [4.69, 9.17) is 0 Å². The van der Waals surface area contributed by atoms with Gasteiger partial charge in [0.25, 0.3) is 0 Å². The lowest BCUT2D eigenvalue weighted by Crippen LogP contribution is -2.44. The second-order valence-corrected chi connectivity index (χ2v) is 6.09. The van der Waals surface area contributed by atoms with Crippen molar-refractivity contribution in [3.8, 4) is 0 Å². The van der Waals surface area contributed by atoms with Crippen molar-refractivity contribution < 1.29 is 0 Å². The van der Waals surface area contributed by atoms with Crippen LogP contribution in [0.2, 0.25) is 0 Å². The van der Waals surface area contributed by atoms with E-state index in [9.17, 15) is 0 Å². The van der Waals surface area contributed by atoms with Crippen molar-refractivity contribution in [3.05, 3.63) is 65.7 Å². The van der Waals surface area contributed by atoms with E-state index in [0.717, 1.165) is 6.04 Å². The molecule has 0 radical (unpaired) electrons. The van der Waals surface area contributed by atoms with E-state index in [0.29, 0.717) is 6.04 Å². The number of piperidine rings is 1. The van der Waals surface area contributed by atoms with E-state index in [1.54, 1.807) is 0 Å². The molecule has 0 bridgehead atoms. The Bertz CT molecular complexity index is 590. The molecule has 0 aromatic heterocycles. The number of fused-ring (bicyclic) bond motifs is 3. The van der Waals surface area contributed by atoms with Crippen molar-refractivity contribution in [2.75, 3.05) is 4.90 Å². The minimum absolute atomic E-state index is 0.566. The van der Waals surface area contributed by atoms with Crippen LogP contribution in [0.1, 0.15) is 42.9 Å². The van der Waals surface area contributed by atoms with E-state index >= 15 is 0 Å². The molecular weight excluding hydrogens is 242 g/mol. The van der Waals surface area contributed by atoms with Gasteiger partial charge in [-0.25, -0.2) is 0 Å². The van der Waals surface area contributed by atoms with Crippen LogP contribution in [-0.4, -0.2) is 6.04 Å². The Morgan fingerprint density at radius 2 is 1.60 bits per heavy atom. The molecule has 102 valence electrons. The monoisotopic (exact) mass is 263 g/mol. The summed E-state index contributed by atoms with van der Waals surface area (Å²) in [6.45, 7) is 0. The third-order valence-corrected chi connectivity index (χ3v) is 4.95. The molecule has 0 N–H and O–H groups in total. The maximum atomic E-state index is 2.72. The zero-order valence-corrected chi connectivity index (χ0v) is 11.8. The number of nitrogens with zero attached hydrogens (tertiary/aromatic N) is 1. The summed E-state index contributed by atoms with van der Waals surface area (Å²) >= 11 is 0. The maximum Gasteiger partial charge on any atom is 0.0545 e. The summed E-state index contributed by atoms with van der Waals surface area (Å²) in [5.74, 6) is 0. The van der Waals surface area contributed by atoms with Gasteiger partial charge in [0.15, 0.2) is 0 Å². The van der Waals surface area contributed by atoms with Crippen molar-refractivity contribution in [2.45, 2.75) is 44.2 Å². The molecule has 0 aliphatic carbocycles. The number of hydrogen-bond acceptors (Lipinski definition) is 1. The predicted molar refractivity (Wildman–Crippen MR) is 84.1 cm³/mol. The average molecular weight is 263 g/mol. The zero-order valence-electron chi connectivity index (χ0n) is 11.8.